The molecule has 0 bridgehead atoms. The summed E-state index contributed by atoms with van der Waals surface area (Å²) in [7, 11) is 0. The van der Waals surface area contributed by atoms with Crippen LogP contribution < -0.4 is 0 Å². The Kier molecular flexibility index (Phi) is 14.1. The predicted molar refractivity (Wildman–Crippen MR) is 80.5 cm³/mol. The van der Waals surface area contributed by atoms with Gasteiger partial charge in [-0.25, -0.2) is 0 Å². The lowest BCUT2D eigenvalue weighted by molar-refractivity contribution is 0.436. The Morgan fingerprint density at radius 1 is 0.529 bits per heavy atom. The molecule has 0 aromatic rings. The van der Waals surface area contributed by atoms with Crippen molar-refractivity contribution in [3.05, 3.63) is 0 Å². The number of unbranched alkanes of at least 4 members (excludes halogenated alkanes) is 9. The zero-order valence-electron chi connectivity index (χ0n) is 12.8. The van der Waals surface area contributed by atoms with Gasteiger partial charge in [-0.2, -0.15) is 0 Å². The van der Waals surface area contributed by atoms with Gasteiger partial charge in [-0.05, 0) is 5.92 Å². The van der Waals surface area contributed by atoms with Crippen LogP contribution in [0.25, 0.3) is 0 Å². The van der Waals surface area contributed by atoms with Crippen LogP contribution in [0.5, 0.6) is 0 Å². The van der Waals surface area contributed by atoms with Gasteiger partial charge in [0.2, 0.25) is 0 Å². The van der Waals surface area contributed by atoms with Gasteiger partial charge < -0.3 is 0 Å². The third-order valence-electron chi connectivity index (χ3n) is 3.85. The fourth-order valence-corrected chi connectivity index (χ4v) is 2.51. The fourth-order valence-electron chi connectivity index (χ4n) is 2.51. The van der Waals surface area contributed by atoms with E-state index in [0.29, 0.717) is 0 Å². The first kappa shape index (κ1) is 17.0. The van der Waals surface area contributed by atoms with E-state index in [1.54, 1.807) is 0 Å². The quantitative estimate of drug-likeness (QED) is 0.313. The van der Waals surface area contributed by atoms with E-state index >= 15 is 0 Å². The van der Waals surface area contributed by atoms with Gasteiger partial charge in [-0.3, -0.25) is 0 Å². The van der Waals surface area contributed by atoms with E-state index in [2.05, 4.69) is 20.8 Å². The second-order valence-electron chi connectivity index (χ2n) is 5.86. The lowest BCUT2D eigenvalue weighted by atomic mass is 9.96. The number of hydrogen-bond acceptors (Lipinski definition) is 0. The van der Waals surface area contributed by atoms with Gasteiger partial charge in [0.05, 0.1) is 0 Å². The van der Waals surface area contributed by atoms with E-state index in [9.17, 15) is 0 Å². The molecule has 0 rings (SSSR count). The molecule has 0 N–H and O–H groups in total. The van der Waals surface area contributed by atoms with Gasteiger partial charge in [-0.15, -0.1) is 0 Å². The van der Waals surface area contributed by atoms with Gasteiger partial charge >= 0.3 is 0 Å². The molecule has 1 atom stereocenters. The molecule has 1 unspecified atom stereocenters. The normalized spacial score (nSPS) is 12.9. The van der Waals surface area contributed by atoms with Crippen molar-refractivity contribution in [3.63, 3.8) is 0 Å². The third kappa shape index (κ3) is 13.9. The SMILES string of the molecule is CCCCCCCCCCC(C)CCCCC. The first-order chi connectivity index (χ1) is 8.31. The molecular weight excluding hydrogens is 204 g/mol. The van der Waals surface area contributed by atoms with Gasteiger partial charge in [0, 0.05) is 0 Å². The molecule has 0 fully saturated rings. The van der Waals surface area contributed by atoms with Crippen molar-refractivity contribution in [1.29, 1.82) is 0 Å². The van der Waals surface area contributed by atoms with Gasteiger partial charge in [0.15, 0.2) is 0 Å². The fraction of sp³-hybridized carbons (Fsp3) is 1.00. The number of rotatable bonds is 13. The molecule has 17 heavy (non-hydrogen) atoms. The minimum atomic E-state index is 0.974. The van der Waals surface area contributed by atoms with Crippen molar-refractivity contribution in [3.8, 4) is 0 Å². The van der Waals surface area contributed by atoms with E-state index in [4.69, 9.17) is 0 Å². The van der Waals surface area contributed by atoms with Crippen LogP contribution >= 0.6 is 0 Å². The molecule has 0 radical (unpaired) electrons. The van der Waals surface area contributed by atoms with Crippen LogP contribution in [0.15, 0.2) is 0 Å². The summed E-state index contributed by atoms with van der Waals surface area (Å²) in [5, 5.41) is 0. The Balaban J connectivity index is 3.05. The molecule has 0 heteroatoms. The Bertz CT molecular complexity index is 128. The summed E-state index contributed by atoms with van der Waals surface area (Å²) >= 11 is 0. The monoisotopic (exact) mass is 240 g/mol. The van der Waals surface area contributed by atoms with Crippen molar-refractivity contribution in [2.24, 2.45) is 5.92 Å². The minimum absolute atomic E-state index is 0.974. The zero-order chi connectivity index (χ0) is 12.8. The van der Waals surface area contributed by atoms with Gasteiger partial charge in [0.25, 0.3) is 0 Å². The van der Waals surface area contributed by atoms with Crippen LogP contribution in [0.2, 0.25) is 0 Å². The highest BCUT2D eigenvalue weighted by molar-refractivity contribution is 4.55. The average Bonchev–Trinajstić information content (AvgIpc) is 2.33. The molecule has 0 nitrogen and oxygen atoms in total. The molecule has 0 saturated carbocycles. The minimum Gasteiger partial charge on any atom is -0.0654 e. The van der Waals surface area contributed by atoms with E-state index < -0.39 is 0 Å². The zero-order valence-corrected chi connectivity index (χ0v) is 12.8. The lowest BCUT2D eigenvalue weighted by Crippen LogP contribution is -1.94. The second-order valence-corrected chi connectivity index (χ2v) is 5.86. The maximum atomic E-state index is 2.44. The summed E-state index contributed by atoms with van der Waals surface area (Å²) < 4.78 is 0. The molecular formula is C17H36. The predicted octanol–water partition coefficient (Wildman–Crippen LogP) is 6.73. The molecule has 0 spiro atoms. The van der Waals surface area contributed by atoms with Crippen molar-refractivity contribution in [2.75, 3.05) is 0 Å². The third-order valence-corrected chi connectivity index (χ3v) is 3.85. The molecule has 0 aliphatic heterocycles. The molecule has 0 heterocycles. The highest BCUT2D eigenvalue weighted by atomic mass is 14.1. The van der Waals surface area contributed by atoms with Crippen LogP contribution in [0.1, 0.15) is 104 Å². The summed E-state index contributed by atoms with van der Waals surface area (Å²) in [5.41, 5.74) is 0. The molecule has 0 amide bonds. The highest BCUT2D eigenvalue weighted by Gasteiger charge is 2.01. The Labute approximate surface area is 111 Å². The lowest BCUT2D eigenvalue weighted by Gasteiger charge is -2.10. The molecule has 0 aromatic carbocycles. The number of hydrogen-bond donors (Lipinski definition) is 0. The molecule has 104 valence electrons. The first-order valence-corrected chi connectivity index (χ1v) is 8.31. The van der Waals surface area contributed by atoms with E-state index in [0.717, 1.165) is 5.92 Å². The topological polar surface area (TPSA) is 0 Å². The standard InChI is InChI=1S/C17H36/c1-4-6-8-9-10-11-12-14-16-17(3)15-13-7-5-2/h17H,4-16H2,1-3H3. The van der Waals surface area contributed by atoms with E-state index in [1.165, 1.54) is 83.5 Å². The van der Waals surface area contributed by atoms with Crippen molar-refractivity contribution in [1.82, 2.24) is 0 Å². The second kappa shape index (κ2) is 14.1. The maximum Gasteiger partial charge on any atom is -0.0443 e. The largest absolute Gasteiger partial charge is 0.0654 e. The maximum absolute atomic E-state index is 2.44. The van der Waals surface area contributed by atoms with Crippen LogP contribution in [0.3, 0.4) is 0 Å². The molecule has 0 aliphatic carbocycles. The Morgan fingerprint density at radius 2 is 0.882 bits per heavy atom. The van der Waals surface area contributed by atoms with E-state index in [-0.39, 0.29) is 0 Å². The Morgan fingerprint density at radius 3 is 1.41 bits per heavy atom. The van der Waals surface area contributed by atoms with Crippen LogP contribution in [-0.2, 0) is 0 Å². The van der Waals surface area contributed by atoms with Crippen molar-refractivity contribution < 1.29 is 0 Å². The smallest absolute Gasteiger partial charge is 0.0443 e. The van der Waals surface area contributed by atoms with Gasteiger partial charge in [-0.1, -0.05) is 104 Å². The van der Waals surface area contributed by atoms with E-state index in [1.807, 2.05) is 0 Å². The summed E-state index contributed by atoms with van der Waals surface area (Å²) in [4.78, 5) is 0. The van der Waals surface area contributed by atoms with Gasteiger partial charge in [0.1, 0.15) is 0 Å². The summed E-state index contributed by atoms with van der Waals surface area (Å²) in [6.45, 7) is 7.03. The highest BCUT2D eigenvalue weighted by Crippen LogP contribution is 2.17. The van der Waals surface area contributed by atoms with Crippen LogP contribution in [-0.4, -0.2) is 0 Å². The first-order valence-electron chi connectivity index (χ1n) is 8.31. The summed E-state index contributed by atoms with van der Waals surface area (Å²) in [6.07, 6.45) is 18.8. The van der Waals surface area contributed by atoms with Crippen molar-refractivity contribution >= 4 is 0 Å². The summed E-state index contributed by atoms with van der Waals surface area (Å²) in [6, 6.07) is 0. The van der Waals surface area contributed by atoms with Crippen molar-refractivity contribution in [2.45, 2.75) is 104 Å². The molecule has 0 aliphatic rings. The Hall–Kier alpha value is 0. The summed E-state index contributed by atoms with van der Waals surface area (Å²) in [5.74, 6) is 0.974. The molecule has 0 saturated heterocycles. The molecule has 0 aromatic heterocycles. The van der Waals surface area contributed by atoms with Crippen LogP contribution in [0.4, 0.5) is 0 Å². The average molecular weight is 240 g/mol. The van der Waals surface area contributed by atoms with Crippen LogP contribution in [0, 0.1) is 5.92 Å².